The predicted molar refractivity (Wildman–Crippen MR) is 95.8 cm³/mol. The number of ether oxygens (including phenoxy) is 1. The minimum atomic E-state index is -0.0866. The lowest BCUT2D eigenvalue weighted by Crippen LogP contribution is -2.24. The van der Waals surface area contributed by atoms with Gasteiger partial charge in [0.15, 0.2) is 0 Å². The molecule has 4 aromatic rings. The molecule has 2 nitrogen and oxygen atoms in total. The highest BCUT2D eigenvalue weighted by atomic mass is 16.5. The number of rotatable bonds is 0. The van der Waals surface area contributed by atoms with Gasteiger partial charge in [-0.15, -0.1) is 0 Å². The molecule has 0 spiro atoms. The van der Waals surface area contributed by atoms with Crippen LogP contribution in [0, 0.1) is 0 Å². The summed E-state index contributed by atoms with van der Waals surface area (Å²) in [6.45, 7) is 4.57. The predicted octanol–water partition coefficient (Wildman–Crippen LogP) is 6.28. The summed E-state index contributed by atoms with van der Waals surface area (Å²) in [6.07, 6.45) is 0. The van der Waals surface area contributed by atoms with Gasteiger partial charge in [-0.2, -0.15) is 0 Å². The Bertz CT molecular complexity index is 1200. The SMILES string of the molecule is CC1(C)c2cccc3c2-c2c4c(cccc4[o+]c4cccc1c24)O3. The summed E-state index contributed by atoms with van der Waals surface area (Å²) >= 11 is 0. The lowest BCUT2D eigenvalue weighted by Gasteiger charge is -2.36. The fourth-order valence-electron chi connectivity index (χ4n) is 4.47. The summed E-state index contributed by atoms with van der Waals surface area (Å²) in [5, 5.41) is 2.32. The molecule has 0 amide bonds. The Labute approximate surface area is 139 Å². The van der Waals surface area contributed by atoms with Crippen molar-refractivity contribution in [2.75, 3.05) is 0 Å². The van der Waals surface area contributed by atoms with Gasteiger partial charge in [-0.3, -0.25) is 0 Å². The van der Waals surface area contributed by atoms with Gasteiger partial charge in [0.25, 0.3) is 0 Å². The Morgan fingerprint density at radius 1 is 0.708 bits per heavy atom. The molecule has 6 rings (SSSR count). The molecule has 0 bridgehead atoms. The summed E-state index contributed by atoms with van der Waals surface area (Å²) < 4.78 is 12.5. The molecule has 0 saturated heterocycles. The van der Waals surface area contributed by atoms with Crippen molar-refractivity contribution in [2.45, 2.75) is 19.3 Å². The second-order valence-electron chi connectivity index (χ2n) is 7.19. The molecule has 1 aliphatic carbocycles. The third-order valence-corrected chi connectivity index (χ3v) is 5.58. The Balaban J connectivity index is 2.03. The molecule has 2 heterocycles. The number of hydrogen-bond donors (Lipinski definition) is 0. The molecular formula is C22H15O2+. The van der Waals surface area contributed by atoms with Crippen molar-refractivity contribution in [3.63, 3.8) is 0 Å². The topological polar surface area (TPSA) is 20.5 Å². The van der Waals surface area contributed by atoms with E-state index in [1.165, 1.54) is 27.6 Å². The lowest BCUT2D eigenvalue weighted by atomic mass is 9.68. The van der Waals surface area contributed by atoms with E-state index in [9.17, 15) is 0 Å². The van der Waals surface area contributed by atoms with E-state index in [0.29, 0.717) is 0 Å². The molecule has 0 radical (unpaired) electrons. The fourth-order valence-corrected chi connectivity index (χ4v) is 4.47. The van der Waals surface area contributed by atoms with E-state index in [0.717, 1.165) is 28.1 Å². The zero-order valence-corrected chi connectivity index (χ0v) is 13.5. The van der Waals surface area contributed by atoms with E-state index in [4.69, 9.17) is 9.15 Å². The first-order valence-corrected chi connectivity index (χ1v) is 8.30. The number of hydrogen-bond acceptors (Lipinski definition) is 1. The van der Waals surface area contributed by atoms with Crippen molar-refractivity contribution in [2.24, 2.45) is 0 Å². The van der Waals surface area contributed by atoms with Crippen molar-refractivity contribution in [1.82, 2.24) is 0 Å². The average Bonchev–Trinajstić information content (AvgIpc) is 2.59. The molecule has 1 aromatic heterocycles. The zero-order valence-electron chi connectivity index (χ0n) is 13.5. The summed E-state index contributed by atoms with van der Waals surface area (Å²) in [7, 11) is 0. The van der Waals surface area contributed by atoms with Crippen molar-refractivity contribution in [1.29, 1.82) is 0 Å². The van der Waals surface area contributed by atoms with Crippen molar-refractivity contribution >= 4 is 21.9 Å². The van der Waals surface area contributed by atoms with E-state index >= 15 is 0 Å². The lowest BCUT2D eigenvalue weighted by molar-refractivity contribution is 0.482. The van der Waals surface area contributed by atoms with Gasteiger partial charge in [-0.05, 0) is 29.3 Å². The van der Waals surface area contributed by atoms with Gasteiger partial charge in [0, 0.05) is 28.7 Å². The van der Waals surface area contributed by atoms with Crippen LogP contribution in [0.2, 0.25) is 0 Å². The average molecular weight is 311 g/mol. The molecule has 0 fully saturated rings. The molecule has 0 unspecified atom stereocenters. The molecule has 2 heteroatoms. The van der Waals surface area contributed by atoms with Gasteiger partial charge >= 0.3 is 11.2 Å². The van der Waals surface area contributed by atoms with Crippen molar-refractivity contribution in [3.8, 4) is 22.6 Å². The maximum atomic E-state index is 6.24. The second-order valence-corrected chi connectivity index (χ2v) is 7.19. The first-order valence-electron chi connectivity index (χ1n) is 8.30. The van der Waals surface area contributed by atoms with Gasteiger partial charge < -0.3 is 4.74 Å². The van der Waals surface area contributed by atoms with Crippen LogP contribution >= 0.6 is 0 Å². The van der Waals surface area contributed by atoms with Crippen molar-refractivity contribution in [3.05, 3.63) is 65.7 Å². The van der Waals surface area contributed by atoms with Gasteiger partial charge in [0.05, 0.1) is 5.39 Å². The highest BCUT2D eigenvalue weighted by Crippen LogP contribution is 2.57. The monoisotopic (exact) mass is 311 g/mol. The zero-order chi connectivity index (χ0) is 16.1. The second kappa shape index (κ2) is 3.78. The molecular weight excluding hydrogens is 296 g/mol. The van der Waals surface area contributed by atoms with E-state index in [1.54, 1.807) is 0 Å². The molecule has 0 N–H and O–H groups in total. The summed E-state index contributed by atoms with van der Waals surface area (Å²) in [5.74, 6) is 1.83. The van der Waals surface area contributed by atoms with Crippen LogP contribution in [-0.2, 0) is 5.41 Å². The summed E-state index contributed by atoms with van der Waals surface area (Å²) in [5.41, 5.74) is 6.88. The Morgan fingerprint density at radius 2 is 1.38 bits per heavy atom. The normalized spacial score (nSPS) is 15.8. The van der Waals surface area contributed by atoms with Crippen LogP contribution in [0.1, 0.15) is 25.0 Å². The highest BCUT2D eigenvalue weighted by Gasteiger charge is 2.41. The van der Waals surface area contributed by atoms with Crippen LogP contribution in [0.25, 0.3) is 33.1 Å². The van der Waals surface area contributed by atoms with Gasteiger partial charge in [0.2, 0.25) is 0 Å². The van der Waals surface area contributed by atoms with Crippen LogP contribution in [0.4, 0.5) is 0 Å². The van der Waals surface area contributed by atoms with Gasteiger partial charge in [0.1, 0.15) is 16.9 Å². The van der Waals surface area contributed by atoms with Crippen LogP contribution in [0.3, 0.4) is 0 Å². The smallest absolute Gasteiger partial charge is 0.365 e. The molecule has 114 valence electrons. The molecule has 0 saturated carbocycles. The Kier molecular flexibility index (Phi) is 1.98. The van der Waals surface area contributed by atoms with E-state index in [-0.39, 0.29) is 5.41 Å². The summed E-state index contributed by atoms with van der Waals surface area (Å²) in [4.78, 5) is 0. The number of benzene rings is 3. The highest BCUT2D eigenvalue weighted by molar-refractivity contribution is 6.16. The fraction of sp³-hybridized carbons (Fsp3) is 0.136. The Hall–Kier alpha value is -2.87. The van der Waals surface area contributed by atoms with E-state index < -0.39 is 0 Å². The first-order chi connectivity index (χ1) is 11.7. The van der Waals surface area contributed by atoms with E-state index in [2.05, 4.69) is 50.2 Å². The largest absolute Gasteiger partial charge is 0.456 e. The van der Waals surface area contributed by atoms with Crippen LogP contribution in [-0.4, -0.2) is 0 Å². The van der Waals surface area contributed by atoms with Crippen LogP contribution in [0.15, 0.2) is 59.0 Å². The third kappa shape index (κ3) is 1.24. The van der Waals surface area contributed by atoms with E-state index in [1.807, 2.05) is 18.2 Å². The molecule has 0 atom stereocenters. The minimum absolute atomic E-state index is 0.0866. The maximum Gasteiger partial charge on any atom is 0.365 e. The first kappa shape index (κ1) is 12.5. The minimum Gasteiger partial charge on any atom is -0.456 e. The molecule has 24 heavy (non-hydrogen) atoms. The Morgan fingerprint density at radius 3 is 2.25 bits per heavy atom. The van der Waals surface area contributed by atoms with Crippen LogP contribution < -0.4 is 4.74 Å². The van der Waals surface area contributed by atoms with Crippen molar-refractivity contribution < 1.29 is 9.15 Å². The quantitative estimate of drug-likeness (QED) is 0.248. The molecule has 2 aliphatic rings. The van der Waals surface area contributed by atoms with Crippen LogP contribution in [0.5, 0.6) is 11.5 Å². The summed E-state index contributed by atoms with van der Waals surface area (Å²) in [6, 6.07) is 18.8. The maximum absolute atomic E-state index is 6.24. The third-order valence-electron chi connectivity index (χ3n) is 5.58. The van der Waals surface area contributed by atoms with Gasteiger partial charge in [-0.1, -0.05) is 38.1 Å². The molecule has 1 aliphatic heterocycles. The standard InChI is InChI=1S/C22H15O2/c1-22(2)12-6-3-8-14-18(12)21-19-13(22)7-4-9-15(19)24-17-11-5-10-16(23-14)20(17)21/h3-11H,1-2H3/q+1. The molecule has 3 aromatic carbocycles. The van der Waals surface area contributed by atoms with Gasteiger partial charge in [-0.25, -0.2) is 4.42 Å².